The number of halogens is 1. The summed E-state index contributed by atoms with van der Waals surface area (Å²) in [5.41, 5.74) is 3.58. The summed E-state index contributed by atoms with van der Waals surface area (Å²) in [5, 5.41) is 0.434. The Kier molecular flexibility index (Phi) is 9.06. The Balaban J connectivity index is 1.52. The van der Waals surface area contributed by atoms with E-state index in [1.807, 2.05) is 89.8 Å². The number of hydrogen-bond acceptors (Lipinski definition) is 4. The largest absolute Gasteiger partial charge is 0.493 e. The maximum Gasteiger partial charge on any atom is 0.255 e. The molecule has 37 heavy (non-hydrogen) atoms. The van der Waals surface area contributed by atoms with Crippen LogP contribution >= 0.6 is 11.6 Å². The van der Waals surface area contributed by atoms with Gasteiger partial charge in [0.15, 0.2) is 11.5 Å². The van der Waals surface area contributed by atoms with Crippen molar-refractivity contribution >= 4 is 17.5 Å². The van der Waals surface area contributed by atoms with E-state index >= 15 is 0 Å². The first-order chi connectivity index (χ1) is 18.1. The Morgan fingerprint density at radius 1 is 0.757 bits per heavy atom. The van der Waals surface area contributed by atoms with E-state index in [2.05, 4.69) is 0 Å². The molecule has 0 spiro atoms. The fraction of sp³-hybridized carbons (Fsp3) is 0.194. The molecule has 6 heteroatoms. The Morgan fingerprint density at radius 3 is 2.24 bits per heavy atom. The van der Waals surface area contributed by atoms with E-state index in [4.69, 9.17) is 25.8 Å². The van der Waals surface area contributed by atoms with Crippen LogP contribution in [0.5, 0.6) is 17.2 Å². The predicted octanol–water partition coefficient (Wildman–Crippen LogP) is 6.82. The van der Waals surface area contributed by atoms with Gasteiger partial charge in [-0.3, -0.25) is 4.79 Å². The van der Waals surface area contributed by atoms with E-state index in [0.29, 0.717) is 48.2 Å². The molecule has 0 N–H and O–H groups in total. The minimum Gasteiger partial charge on any atom is -0.493 e. The van der Waals surface area contributed by atoms with Crippen LogP contribution in [-0.4, -0.2) is 31.6 Å². The number of carbonyl (C=O) groups is 1. The summed E-state index contributed by atoms with van der Waals surface area (Å²) in [6.45, 7) is 1.39. The second kappa shape index (κ2) is 12.8. The highest BCUT2D eigenvalue weighted by Crippen LogP contribution is 2.28. The highest BCUT2D eigenvalue weighted by atomic mass is 35.5. The van der Waals surface area contributed by atoms with Gasteiger partial charge in [0.25, 0.3) is 5.91 Å². The van der Waals surface area contributed by atoms with Crippen LogP contribution in [0.3, 0.4) is 0 Å². The van der Waals surface area contributed by atoms with Gasteiger partial charge in [-0.2, -0.15) is 0 Å². The first kappa shape index (κ1) is 26.1. The van der Waals surface area contributed by atoms with Gasteiger partial charge in [0, 0.05) is 13.1 Å². The molecular weight excluding hydrogens is 486 g/mol. The summed E-state index contributed by atoms with van der Waals surface area (Å²) in [4.78, 5) is 15.4. The molecule has 190 valence electrons. The zero-order valence-electron chi connectivity index (χ0n) is 21.0. The van der Waals surface area contributed by atoms with Crippen molar-refractivity contribution in [3.63, 3.8) is 0 Å². The number of ether oxygens (including phenoxy) is 3. The van der Waals surface area contributed by atoms with E-state index in [1.165, 1.54) is 0 Å². The summed E-state index contributed by atoms with van der Waals surface area (Å²) in [6.07, 6.45) is 0.640. The van der Waals surface area contributed by atoms with E-state index in [9.17, 15) is 4.79 Å². The second-order valence-corrected chi connectivity index (χ2v) is 8.97. The van der Waals surface area contributed by atoms with Gasteiger partial charge < -0.3 is 19.1 Å². The molecule has 0 aliphatic heterocycles. The average Bonchev–Trinajstić information content (AvgIpc) is 2.94. The molecule has 0 saturated heterocycles. The van der Waals surface area contributed by atoms with Gasteiger partial charge in [-0.05, 0) is 59.5 Å². The number of amides is 1. The standard InChI is InChI=1S/C31H30ClNO4/c1-35-29-16-15-23(20-30(29)36-2)17-18-33(31(34)27-13-6-7-14-28(27)32)21-25-11-8-12-26(19-25)37-22-24-9-4-3-5-10-24/h3-16,19-20H,17-18,21-22H2,1-2H3. The summed E-state index contributed by atoms with van der Waals surface area (Å²) < 4.78 is 16.8. The molecule has 1 amide bonds. The van der Waals surface area contributed by atoms with Gasteiger partial charge in [-0.15, -0.1) is 0 Å². The fourth-order valence-electron chi connectivity index (χ4n) is 4.05. The smallest absolute Gasteiger partial charge is 0.255 e. The zero-order chi connectivity index (χ0) is 26.0. The number of benzene rings is 4. The van der Waals surface area contributed by atoms with Crippen LogP contribution in [0, 0.1) is 0 Å². The number of carbonyl (C=O) groups excluding carboxylic acids is 1. The Labute approximate surface area is 223 Å². The molecule has 0 radical (unpaired) electrons. The predicted molar refractivity (Wildman–Crippen MR) is 147 cm³/mol. The molecule has 4 aromatic carbocycles. The van der Waals surface area contributed by atoms with Crippen molar-refractivity contribution in [2.75, 3.05) is 20.8 Å². The SMILES string of the molecule is COc1ccc(CCN(Cc2cccc(OCc3ccccc3)c2)C(=O)c2ccccc2Cl)cc1OC. The fourth-order valence-corrected chi connectivity index (χ4v) is 4.27. The summed E-state index contributed by atoms with van der Waals surface area (Å²) in [5.74, 6) is 1.96. The topological polar surface area (TPSA) is 48.0 Å². The number of nitrogens with zero attached hydrogens (tertiary/aromatic N) is 1. The molecule has 5 nitrogen and oxygen atoms in total. The second-order valence-electron chi connectivity index (χ2n) is 8.57. The lowest BCUT2D eigenvalue weighted by Gasteiger charge is -2.24. The van der Waals surface area contributed by atoms with Gasteiger partial charge in [0.2, 0.25) is 0 Å². The lowest BCUT2D eigenvalue weighted by molar-refractivity contribution is 0.0745. The molecule has 0 atom stereocenters. The van der Waals surface area contributed by atoms with Crippen LogP contribution in [0.2, 0.25) is 5.02 Å². The van der Waals surface area contributed by atoms with Crippen molar-refractivity contribution in [1.29, 1.82) is 0 Å². The van der Waals surface area contributed by atoms with Gasteiger partial charge in [0.1, 0.15) is 12.4 Å². The van der Waals surface area contributed by atoms with E-state index in [1.54, 1.807) is 26.4 Å². The molecular formula is C31H30ClNO4. The van der Waals surface area contributed by atoms with Crippen LogP contribution < -0.4 is 14.2 Å². The Morgan fingerprint density at radius 2 is 1.49 bits per heavy atom. The average molecular weight is 516 g/mol. The monoisotopic (exact) mass is 515 g/mol. The van der Waals surface area contributed by atoms with Gasteiger partial charge in [0.05, 0.1) is 24.8 Å². The Hall–Kier alpha value is -3.96. The maximum absolute atomic E-state index is 13.6. The van der Waals surface area contributed by atoms with Gasteiger partial charge in [-0.25, -0.2) is 0 Å². The molecule has 0 aromatic heterocycles. The zero-order valence-corrected chi connectivity index (χ0v) is 21.8. The number of methoxy groups -OCH3 is 2. The molecule has 0 fully saturated rings. The molecule has 0 saturated carbocycles. The molecule has 0 bridgehead atoms. The first-order valence-corrected chi connectivity index (χ1v) is 12.5. The van der Waals surface area contributed by atoms with Crippen molar-refractivity contribution in [2.45, 2.75) is 19.6 Å². The highest BCUT2D eigenvalue weighted by molar-refractivity contribution is 6.33. The molecule has 0 aliphatic rings. The van der Waals surface area contributed by atoms with Crippen LogP contribution in [0.4, 0.5) is 0 Å². The van der Waals surface area contributed by atoms with E-state index in [0.717, 1.165) is 22.4 Å². The highest BCUT2D eigenvalue weighted by Gasteiger charge is 2.19. The molecule has 0 aliphatic carbocycles. The molecule has 4 rings (SSSR count). The minimum atomic E-state index is -0.123. The van der Waals surface area contributed by atoms with Crippen molar-refractivity contribution < 1.29 is 19.0 Å². The van der Waals surface area contributed by atoms with E-state index < -0.39 is 0 Å². The van der Waals surface area contributed by atoms with Crippen LogP contribution in [-0.2, 0) is 19.6 Å². The van der Waals surface area contributed by atoms with Crippen molar-refractivity contribution in [1.82, 2.24) is 4.90 Å². The summed E-state index contributed by atoms with van der Waals surface area (Å²) in [7, 11) is 3.22. The Bertz CT molecular complexity index is 1330. The van der Waals surface area contributed by atoms with Crippen LogP contribution in [0.15, 0.2) is 97.1 Å². The van der Waals surface area contributed by atoms with Crippen molar-refractivity contribution in [3.8, 4) is 17.2 Å². The van der Waals surface area contributed by atoms with Crippen LogP contribution in [0.25, 0.3) is 0 Å². The summed E-state index contributed by atoms with van der Waals surface area (Å²) >= 11 is 6.38. The van der Waals surface area contributed by atoms with E-state index in [-0.39, 0.29) is 5.91 Å². The lowest BCUT2D eigenvalue weighted by Crippen LogP contribution is -2.32. The molecule has 0 unspecified atom stereocenters. The van der Waals surface area contributed by atoms with Crippen molar-refractivity contribution in [3.05, 3.63) is 124 Å². The number of hydrogen-bond donors (Lipinski definition) is 0. The molecule has 0 heterocycles. The van der Waals surface area contributed by atoms with Gasteiger partial charge >= 0.3 is 0 Å². The minimum absolute atomic E-state index is 0.123. The third kappa shape index (κ3) is 7.05. The van der Waals surface area contributed by atoms with Gasteiger partial charge in [-0.1, -0.05) is 72.3 Å². The normalized spacial score (nSPS) is 10.6. The number of rotatable bonds is 11. The third-order valence-corrected chi connectivity index (χ3v) is 6.36. The quantitative estimate of drug-likeness (QED) is 0.220. The summed E-state index contributed by atoms with van der Waals surface area (Å²) in [6, 6.07) is 30.8. The third-order valence-electron chi connectivity index (χ3n) is 6.03. The maximum atomic E-state index is 13.6. The molecule has 4 aromatic rings. The van der Waals surface area contributed by atoms with Crippen molar-refractivity contribution in [2.24, 2.45) is 0 Å². The lowest BCUT2D eigenvalue weighted by atomic mass is 10.1. The first-order valence-electron chi connectivity index (χ1n) is 12.1. The van der Waals surface area contributed by atoms with Crippen LogP contribution in [0.1, 0.15) is 27.0 Å².